The Morgan fingerprint density at radius 2 is 1.07 bits per heavy atom. The van der Waals surface area contributed by atoms with E-state index in [0.717, 1.165) is 11.5 Å². The van der Waals surface area contributed by atoms with Crippen LogP contribution in [0.15, 0.2) is 36.8 Å². The van der Waals surface area contributed by atoms with E-state index in [1.807, 2.05) is 52.0 Å². The quantitative estimate of drug-likeness (QED) is 0.622. The fourth-order valence-electron chi connectivity index (χ4n) is 0.847. The van der Waals surface area contributed by atoms with Crippen molar-refractivity contribution in [2.24, 2.45) is 0 Å². The highest BCUT2D eigenvalue weighted by Crippen LogP contribution is 2.28. The minimum Gasteiger partial charge on any atom is -0.458 e. The second-order valence-electron chi connectivity index (χ2n) is 1.95. The molecule has 1 aliphatic rings. The first-order valence-electron chi connectivity index (χ1n) is 5.04. The normalized spacial score (nSPS) is 10.3. The van der Waals surface area contributed by atoms with Gasteiger partial charge in [-0.2, -0.15) is 0 Å². The lowest BCUT2D eigenvalue weighted by molar-refractivity contribution is 0.362. The third kappa shape index (κ3) is 3.52. The van der Waals surface area contributed by atoms with E-state index in [-0.39, 0.29) is 0 Å². The number of ether oxygens (including phenoxy) is 2. The Morgan fingerprint density at radius 1 is 0.714 bits per heavy atom. The predicted molar refractivity (Wildman–Crippen MR) is 59.5 cm³/mol. The molecular weight excluding hydrogens is 176 g/mol. The summed E-state index contributed by atoms with van der Waals surface area (Å²) in [6.45, 7) is 8.00. The van der Waals surface area contributed by atoms with Gasteiger partial charge in [0.2, 0.25) is 0 Å². The molecule has 14 heavy (non-hydrogen) atoms. The lowest BCUT2D eigenvalue weighted by Gasteiger charge is -2.10. The molecule has 0 aliphatic carbocycles. The molecule has 2 nitrogen and oxygen atoms in total. The molecule has 0 saturated heterocycles. The van der Waals surface area contributed by atoms with Gasteiger partial charge in [0.05, 0.1) is 0 Å². The Hall–Kier alpha value is -1.44. The summed E-state index contributed by atoms with van der Waals surface area (Å²) in [7, 11) is 0. The molecule has 1 aliphatic heterocycles. The summed E-state index contributed by atoms with van der Waals surface area (Å²) in [6.07, 6.45) is 3.03. The van der Waals surface area contributed by atoms with Crippen LogP contribution in [0.25, 0.3) is 0 Å². The maximum atomic E-state index is 5.12. The average molecular weight is 194 g/mol. The van der Waals surface area contributed by atoms with Crippen molar-refractivity contribution in [3.05, 3.63) is 36.8 Å². The number of hydrogen-bond donors (Lipinski definition) is 0. The van der Waals surface area contributed by atoms with E-state index >= 15 is 0 Å². The number of para-hydroxylation sites is 2. The van der Waals surface area contributed by atoms with Crippen LogP contribution in [0, 0.1) is 0 Å². The fourth-order valence-corrected chi connectivity index (χ4v) is 0.847. The van der Waals surface area contributed by atoms with Crippen molar-refractivity contribution in [3.8, 4) is 11.5 Å². The third-order valence-electron chi connectivity index (χ3n) is 1.29. The Balaban J connectivity index is 0.000000379. The van der Waals surface area contributed by atoms with Crippen LogP contribution in [0.3, 0.4) is 0 Å². The molecule has 0 unspecified atom stereocenters. The largest absolute Gasteiger partial charge is 0.458 e. The van der Waals surface area contributed by atoms with E-state index in [2.05, 4.69) is 0 Å². The van der Waals surface area contributed by atoms with Gasteiger partial charge in [0.1, 0.15) is 12.5 Å². The molecule has 1 heterocycles. The van der Waals surface area contributed by atoms with Crippen molar-refractivity contribution in [2.45, 2.75) is 27.7 Å². The second-order valence-corrected chi connectivity index (χ2v) is 1.95. The molecule has 0 saturated carbocycles. The number of rotatable bonds is 0. The predicted octanol–water partition coefficient (Wildman–Crippen LogP) is 3.98. The van der Waals surface area contributed by atoms with Crippen LogP contribution < -0.4 is 9.47 Å². The van der Waals surface area contributed by atoms with E-state index in [1.165, 1.54) is 12.5 Å². The minimum atomic E-state index is 0.769. The maximum Gasteiger partial charge on any atom is 0.169 e. The molecule has 0 N–H and O–H groups in total. The van der Waals surface area contributed by atoms with Crippen molar-refractivity contribution >= 4 is 0 Å². The SMILES string of the molecule is C1=COc2ccccc2O1.CC.CC. The Morgan fingerprint density at radius 3 is 1.43 bits per heavy atom. The van der Waals surface area contributed by atoms with Gasteiger partial charge in [0.15, 0.2) is 11.5 Å². The smallest absolute Gasteiger partial charge is 0.169 e. The zero-order valence-corrected chi connectivity index (χ0v) is 9.28. The Kier molecular flexibility index (Phi) is 7.33. The molecule has 0 atom stereocenters. The highest BCUT2D eigenvalue weighted by atomic mass is 16.5. The zero-order valence-electron chi connectivity index (χ0n) is 9.28. The van der Waals surface area contributed by atoms with Gasteiger partial charge in [-0.3, -0.25) is 0 Å². The molecule has 1 aromatic carbocycles. The summed E-state index contributed by atoms with van der Waals surface area (Å²) >= 11 is 0. The first-order valence-corrected chi connectivity index (χ1v) is 5.04. The first kappa shape index (κ1) is 12.6. The first-order chi connectivity index (χ1) is 6.97. The van der Waals surface area contributed by atoms with Gasteiger partial charge in [0.25, 0.3) is 0 Å². The highest BCUT2D eigenvalue weighted by Gasteiger charge is 2.03. The molecule has 0 fully saturated rings. The van der Waals surface area contributed by atoms with Gasteiger partial charge >= 0.3 is 0 Å². The van der Waals surface area contributed by atoms with Gasteiger partial charge in [-0.05, 0) is 12.1 Å². The van der Waals surface area contributed by atoms with Gasteiger partial charge in [-0.1, -0.05) is 39.8 Å². The van der Waals surface area contributed by atoms with Crippen molar-refractivity contribution < 1.29 is 9.47 Å². The zero-order chi connectivity index (χ0) is 10.8. The Labute approximate surface area is 86.2 Å². The molecule has 0 radical (unpaired) electrons. The van der Waals surface area contributed by atoms with Crippen molar-refractivity contribution in [1.82, 2.24) is 0 Å². The van der Waals surface area contributed by atoms with Gasteiger partial charge < -0.3 is 9.47 Å². The summed E-state index contributed by atoms with van der Waals surface area (Å²) in [4.78, 5) is 0. The second kappa shape index (κ2) is 8.17. The summed E-state index contributed by atoms with van der Waals surface area (Å²) in [5.74, 6) is 1.54. The van der Waals surface area contributed by atoms with Crippen LogP contribution in [-0.2, 0) is 0 Å². The molecule has 2 heteroatoms. The topological polar surface area (TPSA) is 18.5 Å². The van der Waals surface area contributed by atoms with Gasteiger partial charge in [-0.15, -0.1) is 0 Å². The molecule has 0 amide bonds. The minimum absolute atomic E-state index is 0.769. The molecule has 1 aromatic rings. The van der Waals surface area contributed by atoms with Crippen LogP contribution in [0.1, 0.15) is 27.7 Å². The molecule has 2 rings (SSSR count). The number of benzene rings is 1. The molecule has 0 aromatic heterocycles. The van der Waals surface area contributed by atoms with Crippen molar-refractivity contribution in [1.29, 1.82) is 0 Å². The molecule has 0 spiro atoms. The van der Waals surface area contributed by atoms with E-state index < -0.39 is 0 Å². The summed E-state index contributed by atoms with van der Waals surface area (Å²) < 4.78 is 10.2. The van der Waals surface area contributed by atoms with Crippen LogP contribution in [-0.4, -0.2) is 0 Å². The van der Waals surface area contributed by atoms with Crippen LogP contribution >= 0.6 is 0 Å². The van der Waals surface area contributed by atoms with Crippen molar-refractivity contribution in [2.75, 3.05) is 0 Å². The van der Waals surface area contributed by atoms with E-state index in [4.69, 9.17) is 9.47 Å². The Bertz CT molecular complexity index is 240. The molecular formula is C12H18O2. The fraction of sp³-hybridized carbons (Fsp3) is 0.333. The molecule has 0 bridgehead atoms. The molecule has 78 valence electrons. The van der Waals surface area contributed by atoms with Crippen LogP contribution in [0.5, 0.6) is 11.5 Å². The monoisotopic (exact) mass is 194 g/mol. The highest BCUT2D eigenvalue weighted by molar-refractivity contribution is 5.41. The maximum absolute atomic E-state index is 5.12. The van der Waals surface area contributed by atoms with E-state index in [0.29, 0.717) is 0 Å². The van der Waals surface area contributed by atoms with Crippen LogP contribution in [0.2, 0.25) is 0 Å². The lowest BCUT2D eigenvalue weighted by Crippen LogP contribution is -1.94. The lowest BCUT2D eigenvalue weighted by atomic mass is 10.3. The number of hydrogen-bond acceptors (Lipinski definition) is 2. The summed E-state index contributed by atoms with van der Waals surface area (Å²) in [6, 6.07) is 7.53. The van der Waals surface area contributed by atoms with E-state index in [9.17, 15) is 0 Å². The average Bonchev–Trinajstić information content (AvgIpc) is 2.34. The van der Waals surface area contributed by atoms with Crippen molar-refractivity contribution in [3.63, 3.8) is 0 Å². The number of fused-ring (bicyclic) bond motifs is 1. The van der Waals surface area contributed by atoms with E-state index in [1.54, 1.807) is 0 Å². The van der Waals surface area contributed by atoms with Gasteiger partial charge in [-0.25, -0.2) is 0 Å². The third-order valence-corrected chi connectivity index (χ3v) is 1.29. The standard InChI is InChI=1S/C8H6O2.2C2H6/c1-2-4-8-7(3-1)9-5-6-10-8;2*1-2/h1-6H;2*1-2H3. The summed E-state index contributed by atoms with van der Waals surface area (Å²) in [5, 5.41) is 0. The van der Waals surface area contributed by atoms with Gasteiger partial charge in [0, 0.05) is 0 Å². The summed E-state index contributed by atoms with van der Waals surface area (Å²) in [5.41, 5.74) is 0. The van der Waals surface area contributed by atoms with Crippen LogP contribution in [0.4, 0.5) is 0 Å².